The van der Waals surface area contributed by atoms with Crippen molar-refractivity contribution >= 4 is 22.6 Å². The molecule has 0 unspecified atom stereocenters. The SMILES string of the molecule is COc1ccc(CC2CCN(CCNC(=O)Nc3cc(C)nc4ccccc34)CC2)cc1. The first-order valence-corrected chi connectivity index (χ1v) is 11.4. The van der Waals surface area contributed by atoms with Gasteiger partial charge in [0.2, 0.25) is 0 Å². The number of carbonyl (C=O) groups is 1. The number of piperidine rings is 1. The molecule has 1 saturated heterocycles. The van der Waals surface area contributed by atoms with Crippen LogP contribution in [0.3, 0.4) is 0 Å². The number of methoxy groups -OCH3 is 1. The summed E-state index contributed by atoms with van der Waals surface area (Å²) in [5, 5.41) is 6.94. The zero-order chi connectivity index (χ0) is 22.3. The second kappa shape index (κ2) is 10.5. The third-order valence-electron chi connectivity index (χ3n) is 6.20. The van der Waals surface area contributed by atoms with Crippen molar-refractivity contribution in [2.24, 2.45) is 5.92 Å². The summed E-state index contributed by atoms with van der Waals surface area (Å²) < 4.78 is 5.24. The van der Waals surface area contributed by atoms with E-state index in [1.54, 1.807) is 7.11 Å². The maximum atomic E-state index is 12.4. The fraction of sp³-hybridized carbons (Fsp3) is 0.385. The molecule has 4 rings (SSSR count). The number of likely N-dealkylation sites (tertiary alicyclic amines) is 1. The van der Waals surface area contributed by atoms with Crippen LogP contribution >= 0.6 is 0 Å². The molecule has 0 saturated carbocycles. The van der Waals surface area contributed by atoms with Gasteiger partial charge in [-0.2, -0.15) is 0 Å². The van der Waals surface area contributed by atoms with Gasteiger partial charge in [0.25, 0.3) is 0 Å². The lowest BCUT2D eigenvalue weighted by atomic mass is 9.90. The van der Waals surface area contributed by atoms with E-state index in [4.69, 9.17) is 4.74 Å². The summed E-state index contributed by atoms with van der Waals surface area (Å²) in [5.74, 6) is 1.63. The summed E-state index contributed by atoms with van der Waals surface area (Å²) in [7, 11) is 1.70. The van der Waals surface area contributed by atoms with Gasteiger partial charge in [-0.1, -0.05) is 30.3 Å². The van der Waals surface area contributed by atoms with E-state index in [0.717, 1.165) is 60.0 Å². The first-order chi connectivity index (χ1) is 15.6. The molecule has 2 N–H and O–H groups in total. The number of anilines is 1. The van der Waals surface area contributed by atoms with E-state index >= 15 is 0 Å². The molecule has 6 nitrogen and oxygen atoms in total. The van der Waals surface area contributed by atoms with E-state index in [1.165, 1.54) is 18.4 Å². The molecule has 32 heavy (non-hydrogen) atoms. The summed E-state index contributed by atoms with van der Waals surface area (Å²) in [4.78, 5) is 19.4. The van der Waals surface area contributed by atoms with E-state index in [-0.39, 0.29) is 6.03 Å². The third kappa shape index (κ3) is 5.77. The number of ether oxygens (including phenoxy) is 1. The van der Waals surface area contributed by atoms with Crippen molar-refractivity contribution in [2.75, 3.05) is 38.6 Å². The lowest BCUT2D eigenvalue weighted by Crippen LogP contribution is -2.40. The minimum absolute atomic E-state index is 0.171. The Labute approximate surface area is 190 Å². The fourth-order valence-electron chi connectivity index (χ4n) is 4.41. The van der Waals surface area contributed by atoms with Crippen LogP contribution in [0.15, 0.2) is 54.6 Å². The van der Waals surface area contributed by atoms with Crippen molar-refractivity contribution in [1.29, 1.82) is 0 Å². The molecule has 2 heterocycles. The molecular weight excluding hydrogens is 400 g/mol. The molecule has 0 radical (unpaired) electrons. The Bertz CT molecular complexity index is 1040. The first kappa shape index (κ1) is 22.1. The number of fused-ring (bicyclic) bond motifs is 1. The van der Waals surface area contributed by atoms with Gasteiger partial charge in [0.15, 0.2) is 0 Å². The Balaban J connectivity index is 1.19. The molecule has 2 amide bonds. The average Bonchev–Trinajstić information content (AvgIpc) is 2.80. The zero-order valence-corrected chi connectivity index (χ0v) is 18.9. The molecule has 168 valence electrons. The van der Waals surface area contributed by atoms with Crippen molar-refractivity contribution in [3.8, 4) is 5.75 Å². The maximum absolute atomic E-state index is 12.4. The topological polar surface area (TPSA) is 66.5 Å². The van der Waals surface area contributed by atoms with Crippen LogP contribution in [-0.2, 0) is 6.42 Å². The van der Waals surface area contributed by atoms with E-state index < -0.39 is 0 Å². The summed E-state index contributed by atoms with van der Waals surface area (Å²) in [6.45, 7) is 5.61. The van der Waals surface area contributed by atoms with Gasteiger partial charge < -0.3 is 20.3 Å². The molecule has 1 aromatic heterocycles. The van der Waals surface area contributed by atoms with E-state index in [2.05, 4.69) is 32.7 Å². The van der Waals surface area contributed by atoms with Crippen LogP contribution in [0.5, 0.6) is 5.75 Å². The van der Waals surface area contributed by atoms with Crippen LogP contribution in [-0.4, -0.2) is 49.2 Å². The minimum atomic E-state index is -0.171. The van der Waals surface area contributed by atoms with Crippen LogP contribution in [0.2, 0.25) is 0 Å². The minimum Gasteiger partial charge on any atom is -0.497 e. The second-order valence-corrected chi connectivity index (χ2v) is 8.55. The van der Waals surface area contributed by atoms with E-state index in [0.29, 0.717) is 6.54 Å². The van der Waals surface area contributed by atoms with Crippen molar-refractivity contribution < 1.29 is 9.53 Å². The molecule has 0 atom stereocenters. The fourth-order valence-corrected chi connectivity index (χ4v) is 4.41. The van der Waals surface area contributed by atoms with Gasteiger partial charge in [-0.15, -0.1) is 0 Å². The van der Waals surface area contributed by atoms with E-state index in [1.807, 2.05) is 49.4 Å². The van der Waals surface area contributed by atoms with Crippen LogP contribution < -0.4 is 15.4 Å². The number of hydrogen-bond donors (Lipinski definition) is 2. The van der Waals surface area contributed by atoms with Crippen LogP contribution in [0, 0.1) is 12.8 Å². The number of nitrogens with zero attached hydrogens (tertiary/aromatic N) is 2. The molecule has 2 aromatic carbocycles. The maximum Gasteiger partial charge on any atom is 0.319 e. The first-order valence-electron chi connectivity index (χ1n) is 11.4. The number of aromatic nitrogens is 1. The van der Waals surface area contributed by atoms with Gasteiger partial charge in [-0.3, -0.25) is 4.98 Å². The molecule has 1 aliphatic heterocycles. The van der Waals surface area contributed by atoms with Crippen molar-refractivity contribution in [2.45, 2.75) is 26.2 Å². The highest BCUT2D eigenvalue weighted by Gasteiger charge is 2.19. The Morgan fingerprint density at radius 1 is 1.12 bits per heavy atom. The quantitative estimate of drug-likeness (QED) is 0.571. The monoisotopic (exact) mass is 432 g/mol. The van der Waals surface area contributed by atoms with Gasteiger partial charge in [0, 0.05) is 24.2 Å². The number of aryl methyl sites for hydroxylation is 1. The number of carbonyl (C=O) groups excluding carboxylic acids is 1. The molecule has 1 fully saturated rings. The molecule has 0 bridgehead atoms. The molecule has 6 heteroatoms. The summed E-state index contributed by atoms with van der Waals surface area (Å²) in [6, 6.07) is 18.0. The largest absolute Gasteiger partial charge is 0.497 e. The van der Waals surface area contributed by atoms with Crippen LogP contribution in [0.4, 0.5) is 10.5 Å². The lowest BCUT2D eigenvalue weighted by molar-refractivity contribution is 0.184. The molecular formula is C26H32N4O2. The van der Waals surface area contributed by atoms with Crippen LogP contribution in [0.25, 0.3) is 10.9 Å². The Morgan fingerprint density at radius 3 is 2.62 bits per heavy atom. The predicted octanol–water partition coefficient (Wildman–Crippen LogP) is 4.63. The van der Waals surface area contributed by atoms with Gasteiger partial charge in [0.1, 0.15) is 5.75 Å². The average molecular weight is 433 g/mol. The Morgan fingerprint density at radius 2 is 1.88 bits per heavy atom. The summed E-state index contributed by atoms with van der Waals surface area (Å²) >= 11 is 0. The molecule has 0 aliphatic carbocycles. The van der Waals surface area contributed by atoms with Gasteiger partial charge in [0.05, 0.1) is 18.3 Å². The van der Waals surface area contributed by atoms with Gasteiger partial charge in [-0.05, 0) is 75.0 Å². The van der Waals surface area contributed by atoms with Gasteiger partial charge >= 0.3 is 6.03 Å². The van der Waals surface area contributed by atoms with Gasteiger partial charge in [-0.25, -0.2) is 4.79 Å². The number of rotatable bonds is 7. The lowest BCUT2D eigenvalue weighted by Gasteiger charge is -2.32. The number of para-hydroxylation sites is 1. The standard InChI is InChI=1S/C26H32N4O2/c1-19-17-25(23-5-3-4-6-24(23)28-19)29-26(31)27-13-16-30-14-11-21(12-15-30)18-20-7-9-22(32-2)10-8-20/h3-10,17,21H,11-16,18H2,1-2H3,(H2,27,28,29,31). The number of benzene rings is 2. The number of pyridine rings is 1. The highest BCUT2D eigenvalue weighted by molar-refractivity contribution is 6.00. The number of amides is 2. The number of urea groups is 1. The third-order valence-corrected chi connectivity index (χ3v) is 6.20. The highest BCUT2D eigenvalue weighted by atomic mass is 16.5. The second-order valence-electron chi connectivity index (χ2n) is 8.55. The van der Waals surface area contributed by atoms with Crippen molar-refractivity contribution in [1.82, 2.24) is 15.2 Å². The summed E-state index contributed by atoms with van der Waals surface area (Å²) in [5.41, 5.74) is 3.95. The normalized spacial score (nSPS) is 14.9. The van der Waals surface area contributed by atoms with Crippen molar-refractivity contribution in [3.63, 3.8) is 0 Å². The molecule has 1 aliphatic rings. The highest BCUT2D eigenvalue weighted by Crippen LogP contribution is 2.24. The zero-order valence-electron chi connectivity index (χ0n) is 18.9. The number of nitrogens with one attached hydrogen (secondary N) is 2. The smallest absolute Gasteiger partial charge is 0.319 e. The Kier molecular flexibility index (Phi) is 7.22. The van der Waals surface area contributed by atoms with Crippen molar-refractivity contribution in [3.05, 3.63) is 65.9 Å². The summed E-state index contributed by atoms with van der Waals surface area (Å²) in [6.07, 6.45) is 3.51. The molecule has 0 spiro atoms. The predicted molar refractivity (Wildman–Crippen MR) is 129 cm³/mol. The molecule has 3 aromatic rings. The van der Waals surface area contributed by atoms with E-state index in [9.17, 15) is 4.79 Å². The number of hydrogen-bond acceptors (Lipinski definition) is 4. The van der Waals surface area contributed by atoms with Crippen LogP contribution in [0.1, 0.15) is 24.1 Å². The Hall–Kier alpha value is -3.12.